The number of amides is 1. The van der Waals surface area contributed by atoms with Gasteiger partial charge in [-0.1, -0.05) is 0 Å². The summed E-state index contributed by atoms with van der Waals surface area (Å²) in [6.45, 7) is 10.3. The van der Waals surface area contributed by atoms with E-state index < -0.39 is 6.09 Å². The Morgan fingerprint density at radius 1 is 1.25 bits per heavy atom. The first-order valence-electron chi connectivity index (χ1n) is 6.64. The lowest BCUT2D eigenvalue weighted by Gasteiger charge is -2.23. The van der Waals surface area contributed by atoms with Crippen LogP contribution in [0.15, 0.2) is 12.1 Å². The van der Waals surface area contributed by atoms with E-state index in [9.17, 15) is 4.79 Å². The van der Waals surface area contributed by atoms with Crippen LogP contribution in [0.3, 0.4) is 0 Å². The van der Waals surface area contributed by atoms with E-state index in [1.54, 1.807) is 0 Å². The summed E-state index contributed by atoms with van der Waals surface area (Å²) in [6, 6.07) is 4.42. The van der Waals surface area contributed by atoms with Crippen molar-refractivity contribution in [2.24, 2.45) is 0 Å². The minimum Gasteiger partial charge on any atom is -0.375 e. The number of hydrogen-bond donors (Lipinski definition) is 1. The zero-order valence-electron chi connectivity index (χ0n) is 12.9. The minimum absolute atomic E-state index is 0.236. The third-order valence-corrected chi connectivity index (χ3v) is 3.30. The number of aryl methyl sites for hydroxylation is 2. The van der Waals surface area contributed by atoms with Crippen molar-refractivity contribution in [2.45, 2.75) is 40.2 Å². The third-order valence-electron chi connectivity index (χ3n) is 3.30. The maximum Gasteiger partial charge on any atom is 0.414 e. The molecule has 0 aliphatic rings. The topological polar surface area (TPSA) is 56.1 Å². The van der Waals surface area contributed by atoms with Gasteiger partial charge >= 0.3 is 12.1 Å². The molecule has 20 heavy (non-hydrogen) atoms. The minimum atomic E-state index is -0.515. The number of carbonyl (C=O) groups excluding carboxylic acids is 1. The first kappa shape index (κ1) is 14.4. The van der Waals surface area contributed by atoms with Gasteiger partial charge in [-0.05, 0) is 57.9 Å². The second-order valence-corrected chi connectivity index (χ2v) is 5.97. The highest BCUT2D eigenvalue weighted by Crippen LogP contribution is 2.31. The average Bonchev–Trinajstić information content (AvgIpc) is 2.66. The smallest absolute Gasteiger partial charge is 0.375 e. The lowest BCUT2D eigenvalue weighted by atomic mass is 10.1. The Balaban J connectivity index is 2.70. The van der Waals surface area contributed by atoms with Crippen molar-refractivity contribution >= 4 is 17.1 Å². The van der Waals surface area contributed by atoms with Crippen LogP contribution in [-0.2, 0) is 5.54 Å². The monoisotopic (exact) mass is 275 g/mol. The van der Waals surface area contributed by atoms with E-state index >= 15 is 0 Å². The van der Waals surface area contributed by atoms with E-state index in [1.165, 1.54) is 18.2 Å². The van der Waals surface area contributed by atoms with Gasteiger partial charge in [0.25, 0.3) is 0 Å². The van der Waals surface area contributed by atoms with Crippen LogP contribution >= 0.6 is 0 Å². The predicted octanol–water partition coefficient (Wildman–Crippen LogP) is 3.13. The number of benzene rings is 1. The van der Waals surface area contributed by atoms with Crippen molar-refractivity contribution in [2.75, 3.05) is 7.05 Å². The highest BCUT2D eigenvalue weighted by molar-refractivity contribution is 5.80. The third kappa shape index (κ3) is 2.48. The molecule has 0 aliphatic heterocycles. The molecule has 2 rings (SSSR count). The van der Waals surface area contributed by atoms with Crippen molar-refractivity contribution < 1.29 is 9.53 Å². The predicted molar refractivity (Wildman–Crippen MR) is 79.3 cm³/mol. The Morgan fingerprint density at radius 3 is 2.40 bits per heavy atom. The van der Waals surface area contributed by atoms with Crippen LogP contribution in [0.1, 0.15) is 31.9 Å². The van der Waals surface area contributed by atoms with Crippen LogP contribution in [0.2, 0.25) is 0 Å². The van der Waals surface area contributed by atoms with Crippen LogP contribution in [0.5, 0.6) is 6.01 Å². The summed E-state index contributed by atoms with van der Waals surface area (Å²) in [5, 5.41) is 2.44. The van der Waals surface area contributed by atoms with Gasteiger partial charge in [0, 0.05) is 12.6 Å². The summed E-state index contributed by atoms with van der Waals surface area (Å²) in [5.74, 6) is 0. The molecule has 1 amide bonds. The first-order valence-corrected chi connectivity index (χ1v) is 6.64. The summed E-state index contributed by atoms with van der Waals surface area (Å²) in [6.07, 6.45) is -0.515. The number of rotatable bonds is 1. The van der Waals surface area contributed by atoms with Gasteiger partial charge < -0.3 is 10.1 Å². The van der Waals surface area contributed by atoms with E-state index in [-0.39, 0.29) is 5.54 Å². The van der Waals surface area contributed by atoms with Crippen LogP contribution in [0.25, 0.3) is 11.0 Å². The van der Waals surface area contributed by atoms with Crippen molar-refractivity contribution in [3.63, 3.8) is 0 Å². The number of nitrogens with one attached hydrogen (secondary N) is 1. The SMILES string of the molecule is CNC(=O)Oc1nc2cc(C)c(C)cc2n1C(C)(C)C. The lowest BCUT2D eigenvalue weighted by Crippen LogP contribution is -2.28. The van der Waals surface area contributed by atoms with E-state index in [0.717, 1.165) is 11.0 Å². The molecule has 5 nitrogen and oxygen atoms in total. The first-order chi connectivity index (χ1) is 9.24. The number of hydrogen-bond acceptors (Lipinski definition) is 3. The highest BCUT2D eigenvalue weighted by atomic mass is 16.6. The number of nitrogens with zero attached hydrogens (tertiary/aromatic N) is 2. The molecule has 0 saturated heterocycles. The molecule has 1 aromatic carbocycles. The molecule has 108 valence electrons. The fourth-order valence-electron chi connectivity index (χ4n) is 2.16. The summed E-state index contributed by atoms with van der Waals surface area (Å²) in [5.41, 5.74) is 3.93. The molecule has 0 spiro atoms. The van der Waals surface area contributed by atoms with Gasteiger partial charge in [0.2, 0.25) is 0 Å². The van der Waals surface area contributed by atoms with Crippen LogP contribution in [-0.4, -0.2) is 22.7 Å². The summed E-state index contributed by atoms with van der Waals surface area (Å²) < 4.78 is 7.24. The normalized spacial score (nSPS) is 11.7. The lowest BCUT2D eigenvalue weighted by molar-refractivity contribution is 0.193. The molecule has 0 aliphatic carbocycles. The molecule has 1 aromatic heterocycles. The molecule has 0 saturated carbocycles. The molecule has 0 radical (unpaired) electrons. The molecule has 0 bridgehead atoms. The number of aromatic nitrogens is 2. The largest absolute Gasteiger partial charge is 0.414 e. The molecule has 0 unspecified atom stereocenters. The second-order valence-electron chi connectivity index (χ2n) is 5.97. The second kappa shape index (κ2) is 4.81. The van der Waals surface area contributed by atoms with Crippen molar-refractivity contribution in [1.82, 2.24) is 14.9 Å². The number of imidazole rings is 1. The van der Waals surface area contributed by atoms with Crippen molar-refractivity contribution in [3.05, 3.63) is 23.3 Å². The number of ether oxygens (including phenoxy) is 1. The van der Waals surface area contributed by atoms with Gasteiger partial charge in [-0.15, -0.1) is 0 Å². The van der Waals surface area contributed by atoms with Gasteiger partial charge in [0.15, 0.2) is 0 Å². The Labute approximate surface area is 118 Å². The zero-order chi connectivity index (χ0) is 15.1. The fourth-order valence-corrected chi connectivity index (χ4v) is 2.16. The van der Waals surface area contributed by atoms with E-state index in [0.29, 0.717) is 6.01 Å². The maximum atomic E-state index is 11.5. The summed E-state index contributed by atoms with van der Waals surface area (Å²) in [4.78, 5) is 15.9. The van der Waals surface area contributed by atoms with Gasteiger partial charge in [-0.3, -0.25) is 4.57 Å². The van der Waals surface area contributed by atoms with Gasteiger partial charge in [-0.25, -0.2) is 4.79 Å². The standard InChI is InChI=1S/C15H21N3O2/c1-9-7-11-12(8-10(9)2)18(15(3,4)5)13(17-11)20-14(19)16-6/h7-8H,1-6H3,(H,16,19). The molecular weight excluding hydrogens is 254 g/mol. The Hall–Kier alpha value is -2.04. The molecule has 1 heterocycles. The average molecular weight is 275 g/mol. The van der Waals surface area contributed by atoms with Crippen LogP contribution in [0.4, 0.5) is 4.79 Å². The quantitative estimate of drug-likeness (QED) is 0.870. The Kier molecular flexibility index (Phi) is 3.46. The summed E-state index contributed by atoms with van der Waals surface area (Å²) in [7, 11) is 1.53. The van der Waals surface area contributed by atoms with Crippen LogP contribution in [0, 0.1) is 13.8 Å². The van der Waals surface area contributed by atoms with Gasteiger partial charge in [0.05, 0.1) is 11.0 Å². The molecule has 0 fully saturated rings. The van der Waals surface area contributed by atoms with E-state index in [2.05, 4.69) is 44.1 Å². The van der Waals surface area contributed by atoms with Crippen molar-refractivity contribution in [1.29, 1.82) is 0 Å². The van der Waals surface area contributed by atoms with Crippen molar-refractivity contribution in [3.8, 4) is 6.01 Å². The van der Waals surface area contributed by atoms with E-state index in [1.807, 2.05) is 17.6 Å². The molecular formula is C15H21N3O2. The molecule has 2 aromatic rings. The number of fused-ring (bicyclic) bond motifs is 1. The Morgan fingerprint density at radius 2 is 1.85 bits per heavy atom. The Bertz CT molecular complexity index is 666. The number of carbonyl (C=O) groups is 1. The molecule has 1 N–H and O–H groups in total. The van der Waals surface area contributed by atoms with Crippen LogP contribution < -0.4 is 10.1 Å². The highest BCUT2D eigenvalue weighted by Gasteiger charge is 2.24. The van der Waals surface area contributed by atoms with E-state index in [4.69, 9.17) is 4.74 Å². The zero-order valence-corrected chi connectivity index (χ0v) is 12.9. The summed E-state index contributed by atoms with van der Waals surface area (Å²) >= 11 is 0. The molecule has 0 atom stereocenters. The fraction of sp³-hybridized carbons (Fsp3) is 0.467. The maximum absolute atomic E-state index is 11.5. The van der Waals surface area contributed by atoms with Gasteiger partial charge in [0.1, 0.15) is 0 Å². The van der Waals surface area contributed by atoms with Gasteiger partial charge in [-0.2, -0.15) is 4.98 Å². The molecule has 5 heteroatoms.